The van der Waals surface area contributed by atoms with Crippen LogP contribution in [0.2, 0.25) is 0 Å². The number of nitrogens with one attached hydrogen (secondary N) is 2. The molecule has 1 aliphatic carbocycles. The smallest absolute Gasteiger partial charge is 0.271 e. The van der Waals surface area contributed by atoms with Crippen molar-refractivity contribution in [1.29, 1.82) is 0 Å². The van der Waals surface area contributed by atoms with E-state index < -0.39 is 17.6 Å². The fourth-order valence-corrected chi connectivity index (χ4v) is 6.47. The van der Waals surface area contributed by atoms with Crippen LogP contribution in [-0.4, -0.2) is 77.5 Å². The number of carbonyl (C=O) groups excluding carboxylic acids is 2. The van der Waals surface area contributed by atoms with Crippen LogP contribution in [0.25, 0.3) is 0 Å². The highest BCUT2D eigenvalue weighted by atomic mass is 19.1. The Morgan fingerprint density at radius 2 is 1.73 bits per heavy atom. The van der Waals surface area contributed by atoms with Crippen molar-refractivity contribution in [3.63, 3.8) is 0 Å². The molecule has 2 aromatic carbocycles. The van der Waals surface area contributed by atoms with Gasteiger partial charge >= 0.3 is 0 Å². The van der Waals surface area contributed by atoms with Crippen LogP contribution in [0.1, 0.15) is 78.8 Å². The highest BCUT2D eigenvalue weighted by Gasteiger charge is 2.32. The number of nitrogens with zero attached hydrogens (tertiary/aromatic N) is 5. The predicted octanol–water partition coefficient (Wildman–Crippen LogP) is 4.65. The summed E-state index contributed by atoms with van der Waals surface area (Å²) in [4.78, 5) is 41.4. The highest BCUT2D eigenvalue weighted by molar-refractivity contribution is 5.96. The van der Waals surface area contributed by atoms with Crippen LogP contribution in [0.4, 0.5) is 27.4 Å². The predicted molar refractivity (Wildman–Crippen MR) is 175 cm³/mol. The van der Waals surface area contributed by atoms with E-state index in [4.69, 9.17) is 10.7 Å². The molecular formula is C34H43FN8O2. The molecule has 3 fully saturated rings. The standard InChI is InChI=1S/C34H43FN8O2/c1-21(2)41-15-17-42(18-16-41)26-11-9-25(10-12-26)38-33-31(32(36)44)37-20-30(40-33)43-14-4-5-29(22(43)3)39-34(45)27-13-8-24(19-28(27)35)23-6-7-23/h8-13,19-23,29H,4-7,14-18H2,1-3H3,(H2,36,44)(H,38,40)(H,39,45)/t22-,29-/m1/s1. The average Bonchev–Trinajstić information content (AvgIpc) is 3.88. The maximum absolute atomic E-state index is 14.8. The third-order valence-electron chi connectivity index (χ3n) is 9.42. The number of primary amides is 1. The van der Waals surface area contributed by atoms with Crippen molar-refractivity contribution in [3.05, 3.63) is 71.3 Å². The number of piperidine rings is 1. The van der Waals surface area contributed by atoms with Gasteiger partial charge in [0.1, 0.15) is 11.6 Å². The van der Waals surface area contributed by atoms with Crippen molar-refractivity contribution in [2.24, 2.45) is 5.73 Å². The van der Waals surface area contributed by atoms with E-state index in [1.165, 1.54) is 6.07 Å². The van der Waals surface area contributed by atoms with Crippen molar-refractivity contribution >= 4 is 34.8 Å². The van der Waals surface area contributed by atoms with Gasteiger partial charge in [-0.3, -0.25) is 14.5 Å². The Bertz CT molecular complexity index is 1540. The number of aromatic nitrogens is 2. The first kappa shape index (κ1) is 30.8. The number of carbonyl (C=O) groups is 2. The molecule has 45 heavy (non-hydrogen) atoms. The number of amides is 2. The van der Waals surface area contributed by atoms with Crippen molar-refractivity contribution in [1.82, 2.24) is 20.2 Å². The molecule has 0 unspecified atom stereocenters. The molecule has 3 aromatic rings. The van der Waals surface area contributed by atoms with Gasteiger partial charge in [0, 0.05) is 62.2 Å². The summed E-state index contributed by atoms with van der Waals surface area (Å²) in [5.41, 5.74) is 8.64. The zero-order valence-electron chi connectivity index (χ0n) is 26.3. The summed E-state index contributed by atoms with van der Waals surface area (Å²) in [6.45, 7) is 11.2. The summed E-state index contributed by atoms with van der Waals surface area (Å²) in [5.74, 6) is -0.329. The Balaban J connectivity index is 1.14. The van der Waals surface area contributed by atoms with E-state index in [-0.39, 0.29) is 29.2 Å². The minimum atomic E-state index is -0.678. The number of hydrogen-bond acceptors (Lipinski definition) is 8. The quantitative estimate of drug-likeness (QED) is 0.319. The molecule has 0 bridgehead atoms. The van der Waals surface area contributed by atoms with Gasteiger partial charge in [-0.25, -0.2) is 14.4 Å². The first-order valence-electron chi connectivity index (χ1n) is 16.1. The molecular weight excluding hydrogens is 571 g/mol. The molecule has 6 rings (SSSR count). The van der Waals surface area contributed by atoms with Crippen LogP contribution >= 0.6 is 0 Å². The van der Waals surface area contributed by atoms with E-state index in [0.717, 1.165) is 68.8 Å². The molecule has 4 N–H and O–H groups in total. The number of anilines is 4. The van der Waals surface area contributed by atoms with Crippen LogP contribution in [0.5, 0.6) is 0 Å². The zero-order chi connectivity index (χ0) is 31.7. The van der Waals surface area contributed by atoms with E-state index in [2.05, 4.69) is 56.3 Å². The largest absolute Gasteiger partial charge is 0.369 e. The van der Waals surface area contributed by atoms with Crippen molar-refractivity contribution in [3.8, 4) is 0 Å². The van der Waals surface area contributed by atoms with E-state index in [1.54, 1.807) is 12.3 Å². The van der Waals surface area contributed by atoms with Gasteiger partial charge in [0.05, 0.1) is 11.8 Å². The molecule has 2 amide bonds. The Morgan fingerprint density at radius 1 is 1.00 bits per heavy atom. The average molecular weight is 615 g/mol. The number of hydrogen-bond donors (Lipinski definition) is 3. The molecule has 3 heterocycles. The lowest BCUT2D eigenvalue weighted by molar-refractivity contribution is 0.0919. The summed E-state index contributed by atoms with van der Waals surface area (Å²) in [7, 11) is 0. The van der Waals surface area contributed by atoms with Gasteiger partial charge < -0.3 is 26.2 Å². The lowest BCUT2D eigenvalue weighted by Gasteiger charge is -2.40. The molecule has 10 nitrogen and oxygen atoms in total. The van der Waals surface area contributed by atoms with Gasteiger partial charge in [-0.1, -0.05) is 6.07 Å². The van der Waals surface area contributed by atoms with E-state index in [0.29, 0.717) is 24.3 Å². The zero-order valence-corrected chi connectivity index (χ0v) is 26.3. The first-order valence-corrected chi connectivity index (χ1v) is 16.1. The van der Waals surface area contributed by atoms with Crippen LogP contribution in [0.3, 0.4) is 0 Å². The van der Waals surface area contributed by atoms with Gasteiger partial charge in [0.25, 0.3) is 11.8 Å². The highest BCUT2D eigenvalue weighted by Crippen LogP contribution is 2.40. The Labute approximate surface area is 264 Å². The number of halogens is 1. The van der Waals surface area contributed by atoms with Crippen LogP contribution < -0.4 is 26.2 Å². The van der Waals surface area contributed by atoms with Gasteiger partial charge in [0.2, 0.25) is 0 Å². The molecule has 2 atom stereocenters. The molecule has 1 aromatic heterocycles. The second-order valence-electron chi connectivity index (χ2n) is 12.7. The minimum absolute atomic E-state index is 0.0484. The third kappa shape index (κ3) is 6.88. The molecule has 1 saturated carbocycles. The Morgan fingerprint density at radius 3 is 2.38 bits per heavy atom. The maximum atomic E-state index is 14.8. The lowest BCUT2D eigenvalue weighted by atomic mass is 9.96. The molecule has 0 spiro atoms. The molecule has 3 aliphatic rings. The van der Waals surface area contributed by atoms with Crippen LogP contribution in [0, 0.1) is 5.82 Å². The van der Waals surface area contributed by atoms with Gasteiger partial charge in [-0.2, -0.15) is 0 Å². The summed E-state index contributed by atoms with van der Waals surface area (Å²) in [6, 6.07) is 13.2. The summed E-state index contributed by atoms with van der Waals surface area (Å²) < 4.78 is 14.8. The van der Waals surface area contributed by atoms with Crippen LogP contribution in [0.15, 0.2) is 48.7 Å². The number of piperazine rings is 1. The number of benzene rings is 2. The van der Waals surface area contributed by atoms with E-state index in [1.807, 2.05) is 25.1 Å². The van der Waals surface area contributed by atoms with Crippen molar-refractivity contribution in [2.45, 2.75) is 70.5 Å². The monoisotopic (exact) mass is 614 g/mol. The second kappa shape index (κ2) is 13.0. The van der Waals surface area contributed by atoms with Gasteiger partial charge in [0.15, 0.2) is 11.5 Å². The minimum Gasteiger partial charge on any atom is -0.369 e. The van der Waals surface area contributed by atoms with Crippen molar-refractivity contribution < 1.29 is 14.0 Å². The van der Waals surface area contributed by atoms with Crippen LogP contribution in [-0.2, 0) is 0 Å². The van der Waals surface area contributed by atoms with E-state index in [9.17, 15) is 14.0 Å². The second-order valence-corrected chi connectivity index (χ2v) is 12.7. The number of nitrogens with two attached hydrogens (primary N) is 1. The topological polar surface area (TPSA) is 120 Å². The molecule has 2 aliphatic heterocycles. The molecule has 11 heteroatoms. The van der Waals surface area contributed by atoms with E-state index >= 15 is 0 Å². The fraction of sp³-hybridized carbons (Fsp3) is 0.471. The lowest BCUT2D eigenvalue weighted by Crippen LogP contribution is -2.54. The summed E-state index contributed by atoms with van der Waals surface area (Å²) in [5, 5.41) is 6.30. The Kier molecular flexibility index (Phi) is 8.89. The maximum Gasteiger partial charge on any atom is 0.271 e. The third-order valence-corrected chi connectivity index (χ3v) is 9.42. The summed E-state index contributed by atoms with van der Waals surface area (Å²) >= 11 is 0. The first-order chi connectivity index (χ1) is 21.7. The summed E-state index contributed by atoms with van der Waals surface area (Å²) in [6.07, 6.45) is 5.24. The number of rotatable bonds is 9. The Hall–Kier alpha value is -4.25. The fourth-order valence-electron chi connectivity index (χ4n) is 6.47. The molecule has 238 valence electrons. The van der Waals surface area contributed by atoms with Gasteiger partial charge in [-0.15, -0.1) is 0 Å². The molecule has 2 saturated heterocycles. The van der Waals surface area contributed by atoms with Gasteiger partial charge in [-0.05, 0) is 94.3 Å². The molecule has 0 radical (unpaired) electrons. The van der Waals surface area contributed by atoms with Crippen molar-refractivity contribution in [2.75, 3.05) is 47.8 Å². The SMILES string of the molecule is CC(C)N1CCN(c2ccc(Nc3nc(N4CCC[C@@H](NC(=O)c5ccc(C6CC6)cc5F)[C@H]4C)cnc3C(N)=O)cc2)CC1. The normalized spacial score (nSPS) is 20.7.